The van der Waals surface area contributed by atoms with Crippen molar-refractivity contribution in [3.8, 4) is 22.0 Å². The zero-order valence-corrected chi connectivity index (χ0v) is 15.1. The number of aromatic nitrogens is 2. The van der Waals surface area contributed by atoms with Crippen molar-refractivity contribution < 1.29 is 9.18 Å². The molecule has 4 rings (SSSR count). The van der Waals surface area contributed by atoms with Crippen molar-refractivity contribution in [1.82, 2.24) is 9.55 Å². The summed E-state index contributed by atoms with van der Waals surface area (Å²) in [6.45, 7) is 0.153. The number of nitrogens with one attached hydrogen (secondary N) is 1. The minimum atomic E-state index is -0.335. The van der Waals surface area contributed by atoms with Crippen molar-refractivity contribution in [3.63, 3.8) is 0 Å². The maximum atomic E-state index is 13.0. The molecule has 0 unspecified atom stereocenters. The predicted molar refractivity (Wildman–Crippen MR) is 106 cm³/mol. The molecule has 2 aromatic heterocycles. The Balaban J connectivity index is 1.50. The highest BCUT2D eigenvalue weighted by molar-refractivity contribution is 7.13. The highest BCUT2D eigenvalue weighted by Crippen LogP contribution is 2.29. The van der Waals surface area contributed by atoms with Crippen LogP contribution in [0.5, 0.6) is 0 Å². The zero-order valence-electron chi connectivity index (χ0n) is 14.3. The predicted octanol–water partition coefficient (Wildman–Crippen LogP) is 5.06. The molecule has 0 saturated heterocycles. The van der Waals surface area contributed by atoms with E-state index in [-0.39, 0.29) is 18.3 Å². The monoisotopic (exact) mass is 377 g/mol. The van der Waals surface area contributed by atoms with E-state index in [4.69, 9.17) is 4.98 Å². The fraction of sp³-hybridized carbons (Fsp3) is 0.0476. The van der Waals surface area contributed by atoms with Crippen LogP contribution in [-0.4, -0.2) is 15.5 Å². The van der Waals surface area contributed by atoms with Gasteiger partial charge in [0.25, 0.3) is 0 Å². The summed E-state index contributed by atoms with van der Waals surface area (Å²) in [6, 6.07) is 19.5. The lowest BCUT2D eigenvalue weighted by Crippen LogP contribution is -2.18. The average molecular weight is 377 g/mol. The van der Waals surface area contributed by atoms with Gasteiger partial charge in [-0.05, 0) is 36.4 Å². The first-order valence-corrected chi connectivity index (χ1v) is 9.29. The SMILES string of the molecule is O=C(Cn1cccc1-c1nc(-c2ccccc2)cs1)Nc1ccc(F)cc1. The molecule has 0 fully saturated rings. The molecule has 0 aliphatic heterocycles. The Kier molecular flexibility index (Phi) is 4.80. The Labute approximate surface area is 159 Å². The molecule has 0 aliphatic rings. The van der Waals surface area contributed by atoms with Crippen LogP contribution in [0.25, 0.3) is 22.0 Å². The molecule has 0 atom stereocenters. The molecule has 1 N–H and O–H groups in total. The fourth-order valence-corrected chi connectivity index (χ4v) is 3.64. The van der Waals surface area contributed by atoms with Gasteiger partial charge in [0.05, 0.1) is 11.4 Å². The summed E-state index contributed by atoms with van der Waals surface area (Å²) >= 11 is 1.54. The molecule has 1 amide bonds. The van der Waals surface area contributed by atoms with Gasteiger partial charge in [-0.1, -0.05) is 30.3 Å². The van der Waals surface area contributed by atoms with E-state index >= 15 is 0 Å². The summed E-state index contributed by atoms with van der Waals surface area (Å²) in [4.78, 5) is 17.0. The molecule has 0 aliphatic carbocycles. The molecule has 134 valence electrons. The first-order chi connectivity index (χ1) is 13.2. The van der Waals surface area contributed by atoms with Gasteiger partial charge in [0, 0.05) is 22.8 Å². The lowest BCUT2D eigenvalue weighted by Gasteiger charge is -2.08. The molecule has 0 spiro atoms. The van der Waals surface area contributed by atoms with Gasteiger partial charge in [0.2, 0.25) is 5.91 Å². The van der Waals surface area contributed by atoms with Crippen molar-refractivity contribution in [2.45, 2.75) is 6.54 Å². The number of anilines is 1. The lowest BCUT2D eigenvalue weighted by molar-refractivity contribution is -0.116. The molecule has 6 heteroatoms. The summed E-state index contributed by atoms with van der Waals surface area (Å²) in [5, 5.41) is 5.64. The third-order valence-electron chi connectivity index (χ3n) is 4.06. The van der Waals surface area contributed by atoms with Gasteiger partial charge < -0.3 is 9.88 Å². The first kappa shape index (κ1) is 17.2. The van der Waals surface area contributed by atoms with Crippen molar-refractivity contribution in [2.24, 2.45) is 0 Å². The maximum Gasteiger partial charge on any atom is 0.244 e. The summed E-state index contributed by atoms with van der Waals surface area (Å²) < 4.78 is 14.8. The van der Waals surface area contributed by atoms with Crippen LogP contribution in [0.2, 0.25) is 0 Å². The van der Waals surface area contributed by atoms with Crippen LogP contribution >= 0.6 is 11.3 Å². The molecular weight excluding hydrogens is 361 g/mol. The van der Waals surface area contributed by atoms with Crippen molar-refractivity contribution in [2.75, 3.05) is 5.32 Å². The van der Waals surface area contributed by atoms with Crippen LogP contribution in [0.4, 0.5) is 10.1 Å². The van der Waals surface area contributed by atoms with Crippen LogP contribution < -0.4 is 5.32 Å². The Morgan fingerprint density at radius 3 is 2.59 bits per heavy atom. The number of hydrogen-bond donors (Lipinski definition) is 1. The van der Waals surface area contributed by atoms with E-state index in [1.807, 2.05) is 58.6 Å². The average Bonchev–Trinajstić information content (AvgIpc) is 3.33. The minimum absolute atomic E-state index is 0.153. The van der Waals surface area contributed by atoms with Gasteiger partial charge in [-0.25, -0.2) is 9.37 Å². The second kappa shape index (κ2) is 7.55. The normalized spacial score (nSPS) is 10.7. The van der Waals surface area contributed by atoms with E-state index in [1.54, 1.807) is 11.3 Å². The zero-order chi connectivity index (χ0) is 18.6. The van der Waals surface area contributed by atoms with Gasteiger partial charge in [-0.2, -0.15) is 0 Å². The number of rotatable bonds is 5. The van der Waals surface area contributed by atoms with E-state index in [1.165, 1.54) is 24.3 Å². The molecule has 0 bridgehead atoms. The second-order valence-corrected chi connectivity index (χ2v) is 6.84. The summed E-state index contributed by atoms with van der Waals surface area (Å²) in [5.74, 6) is -0.516. The Bertz CT molecular complexity index is 1050. The van der Waals surface area contributed by atoms with Gasteiger partial charge in [0.15, 0.2) is 0 Å². The van der Waals surface area contributed by atoms with Gasteiger partial charge in [-0.3, -0.25) is 4.79 Å². The van der Waals surface area contributed by atoms with E-state index in [0.29, 0.717) is 5.69 Å². The van der Waals surface area contributed by atoms with Crippen molar-refractivity contribution >= 4 is 22.9 Å². The van der Waals surface area contributed by atoms with E-state index in [0.717, 1.165) is 22.0 Å². The number of amides is 1. The fourth-order valence-electron chi connectivity index (χ4n) is 2.77. The standard InChI is InChI=1S/C21H16FN3OS/c22-16-8-10-17(11-9-16)23-20(26)13-25-12-4-7-19(25)21-24-18(14-27-21)15-5-2-1-3-6-15/h1-12,14H,13H2,(H,23,26). The Hall–Kier alpha value is -3.25. The molecule has 0 radical (unpaired) electrons. The Morgan fingerprint density at radius 1 is 1.04 bits per heavy atom. The number of hydrogen-bond acceptors (Lipinski definition) is 3. The van der Waals surface area contributed by atoms with Gasteiger partial charge in [0.1, 0.15) is 17.4 Å². The van der Waals surface area contributed by atoms with Crippen LogP contribution in [0.15, 0.2) is 78.3 Å². The van der Waals surface area contributed by atoms with Crippen molar-refractivity contribution in [3.05, 3.63) is 84.1 Å². The lowest BCUT2D eigenvalue weighted by atomic mass is 10.2. The number of carbonyl (C=O) groups is 1. The molecular formula is C21H16FN3OS. The quantitative estimate of drug-likeness (QED) is 0.529. The molecule has 2 aromatic carbocycles. The maximum absolute atomic E-state index is 13.0. The molecule has 27 heavy (non-hydrogen) atoms. The van der Waals surface area contributed by atoms with Crippen molar-refractivity contribution in [1.29, 1.82) is 0 Å². The van der Waals surface area contributed by atoms with E-state index in [9.17, 15) is 9.18 Å². The number of halogens is 1. The van der Waals surface area contributed by atoms with Crippen LogP contribution in [0, 0.1) is 5.82 Å². The third kappa shape index (κ3) is 3.96. The van der Waals surface area contributed by atoms with E-state index < -0.39 is 0 Å². The Morgan fingerprint density at radius 2 is 1.81 bits per heavy atom. The molecule has 0 saturated carbocycles. The number of thiazole rings is 1. The minimum Gasteiger partial charge on any atom is -0.336 e. The summed E-state index contributed by atoms with van der Waals surface area (Å²) in [7, 11) is 0. The van der Waals surface area contributed by atoms with Crippen LogP contribution in [0.3, 0.4) is 0 Å². The van der Waals surface area contributed by atoms with Gasteiger partial charge in [-0.15, -0.1) is 11.3 Å². The number of benzene rings is 2. The highest BCUT2D eigenvalue weighted by atomic mass is 32.1. The summed E-state index contributed by atoms with van der Waals surface area (Å²) in [5.41, 5.74) is 3.43. The molecule has 4 aromatic rings. The highest BCUT2D eigenvalue weighted by Gasteiger charge is 2.12. The topological polar surface area (TPSA) is 46.9 Å². The third-order valence-corrected chi connectivity index (χ3v) is 4.93. The molecule has 2 heterocycles. The largest absolute Gasteiger partial charge is 0.336 e. The number of carbonyl (C=O) groups excluding carboxylic acids is 1. The van der Waals surface area contributed by atoms with Gasteiger partial charge >= 0.3 is 0 Å². The smallest absolute Gasteiger partial charge is 0.244 e. The summed E-state index contributed by atoms with van der Waals surface area (Å²) in [6.07, 6.45) is 1.85. The number of nitrogens with zero attached hydrogens (tertiary/aromatic N) is 2. The molecule has 4 nitrogen and oxygen atoms in total. The second-order valence-electron chi connectivity index (χ2n) is 5.98. The first-order valence-electron chi connectivity index (χ1n) is 8.41. The van der Waals surface area contributed by atoms with Crippen LogP contribution in [-0.2, 0) is 11.3 Å². The van der Waals surface area contributed by atoms with Crippen LogP contribution in [0.1, 0.15) is 0 Å². The van der Waals surface area contributed by atoms with E-state index in [2.05, 4.69) is 5.32 Å².